The fourth-order valence-corrected chi connectivity index (χ4v) is 4.04. The van der Waals surface area contributed by atoms with E-state index >= 15 is 0 Å². The van der Waals surface area contributed by atoms with Gasteiger partial charge in [0.25, 0.3) is 5.91 Å². The molecule has 0 fully saturated rings. The molecule has 0 aliphatic carbocycles. The Kier molecular flexibility index (Phi) is 9.35. The fraction of sp³-hybridized carbons (Fsp3) is 0.286. The summed E-state index contributed by atoms with van der Waals surface area (Å²) < 4.78 is 6.69. The van der Waals surface area contributed by atoms with Crippen LogP contribution in [0.3, 0.4) is 0 Å². The van der Waals surface area contributed by atoms with Crippen LogP contribution in [0, 0.1) is 0 Å². The van der Waals surface area contributed by atoms with E-state index < -0.39 is 11.6 Å². The van der Waals surface area contributed by atoms with Crippen molar-refractivity contribution in [2.75, 3.05) is 6.61 Å². The molecule has 184 valence electrons. The smallest absolute Gasteiger partial charge is 0.261 e. The lowest BCUT2D eigenvalue weighted by Gasteiger charge is -2.34. The molecule has 1 N–H and O–H groups in total. The minimum absolute atomic E-state index is 0.178. The summed E-state index contributed by atoms with van der Waals surface area (Å²) in [6, 6.07) is 23.5. The number of amides is 2. The summed E-state index contributed by atoms with van der Waals surface area (Å²) in [5.41, 5.74) is 1.25. The average molecular weight is 558 g/mol. The molecule has 3 aromatic carbocycles. The first kappa shape index (κ1) is 26.8. The Balaban J connectivity index is 1.93. The van der Waals surface area contributed by atoms with Gasteiger partial charge in [0.2, 0.25) is 5.91 Å². The lowest BCUT2D eigenvalue weighted by atomic mass is 10.0. The highest BCUT2D eigenvalue weighted by Crippen LogP contribution is 2.22. The zero-order valence-electron chi connectivity index (χ0n) is 20.1. The second-order valence-corrected chi connectivity index (χ2v) is 10.6. The summed E-state index contributed by atoms with van der Waals surface area (Å²) in [4.78, 5) is 28.6. The van der Waals surface area contributed by atoms with Crippen LogP contribution < -0.4 is 10.1 Å². The first-order chi connectivity index (χ1) is 16.6. The summed E-state index contributed by atoms with van der Waals surface area (Å²) >= 11 is 9.83. The predicted octanol–water partition coefficient (Wildman–Crippen LogP) is 6.04. The molecule has 3 rings (SSSR count). The van der Waals surface area contributed by atoms with Gasteiger partial charge >= 0.3 is 0 Å². The molecule has 2 amide bonds. The second kappa shape index (κ2) is 12.2. The number of benzene rings is 3. The molecule has 35 heavy (non-hydrogen) atoms. The summed E-state index contributed by atoms with van der Waals surface area (Å²) in [5, 5.41) is 3.58. The molecule has 0 bridgehead atoms. The number of rotatable bonds is 9. The number of ether oxygens (including phenoxy) is 1. The normalized spacial score (nSPS) is 12.0. The maximum atomic E-state index is 13.6. The van der Waals surface area contributed by atoms with Crippen molar-refractivity contribution in [2.45, 2.75) is 45.3 Å². The van der Waals surface area contributed by atoms with Crippen molar-refractivity contribution in [2.24, 2.45) is 0 Å². The van der Waals surface area contributed by atoms with Gasteiger partial charge in [0.1, 0.15) is 11.8 Å². The second-order valence-electron chi connectivity index (χ2n) is 9.30. The van der Waals surface area contributed by atoms with E-state index in [9.17, 15) is 9.59 Å². The number of hydrogen-bond donors (Lipinski definition) is 1. The van der Waals surface area contributed by atoms with E-state index in [1.807, 2.05) is 81.4 Å². The van der Waals surface area contributed by atoms with E-state index in [0.717, 1.165) is 15.6 Å². The van der Waals surface area contributed by atoms with Crippen molar-refractivity contribution in [3.63, 3.8) is 0 Å². The first-order valence-corrected chi connectivity index (χ1v) is 12.6. The molecule has 0 heterocycles. The molecule has 0 aliphatic rings. The van der Waals surface area contributed by atoms with E-state index in [0.29, 0.717) is 17.2 Å². The van der Waals surface area contributed by atoms with Crippen LogP contribution in [0.15, 0.2) is 83.3 Å². The van der Waals surface area contributed by atoms with Crippen molar-refractivity contribution >= 4 is 39.3 Å². The number of carbonyl (C=O) groups is 2. The standard InChI is InChI=1S/C28H30BrClN2O3/c1-28(2,3)31-27(34)25(17-20-9-5-4-6-10-20)32(18-21-11-7-8-12-24(21)30)26(33)19-35-23-15-13-22(29)14-16-23/h4-16,25H,17-19H2,1-3H3,(H,31,34). The van der Waals surface area contributed by atoms with E-state index in [2.05, 4.69) is 21.2 Å². The summed E-state index contributed by atoms with van der Waals surface area (Å²) in [5.74, 6) is 0.0289. The Hall–Kier alpha value is -2.83. The van der Waals surface area contributed by atoms with Gasteiger partial charge in [-0.25, -0.2) is 0 Å². The van der Waals surface area contributed by atoms with Gasteiger partial charge in [0.05, 0.1) is 0 Å². The van der Waals surface area contributed by atoms with E-state index in [1.54, 1.807) is 23.1 Å². The molecule has 0 spiro atoms. The minimum atomic E-state index is -0.756. The Morgan fingerprint density at radius 1 is 0.971 bits per heavy atom. The highest BCUT2D eigenvalue weighted by atomic mass is 79.9. The number of nitrogens with zero attached hydrogens (tertiary/aromatic N) is 1. The third-order valence-electron chi connectivity index (χ3n) is 5.24. The molecule has 1 atom stereocenters. The maximum absolute atomic E-state index is 13.6. The zero-order chi connectivity index (χ0) is 25.4. The number of halogens is 2. The van der Waals surface area contributed by atoms with Crippen LogP contribution >= 0.6 is 27.5 Å². The Bertz CT molecular complexity index is 1130. The van der Waals surface area contributed by atoms with Crippen LogP contribution in [0.25, 0.3) is 0 Å². The van der Waals surface area contributed by atoms with E-state index in [-0.39, 0.29) is 25.0 Å². The largest absolute Gasteiger partial charge is 0.484 e. The number of nitrogens with one attached hydrogen (secondary N) is 1. The van der Waals surface area contributed by atoms with Crippen LogP contribution in [-0.4, -0.2) is 34.9 Å². The van der Waals surface area contributed by atoms with Gasteiger partial charge in [0.15, 0.2) is 6.61 Å². The van der Waals surface area contributed by atoms with Crippen LogP contribution in [-0.2, 0) is 22.6 Å². The van der Waals surface area contributed by atoms with Crippen LogP contribution in [0.4, 0.5) is 0 Å². The van der Waals surface area contributed by atoms with Crippen molar-refractivity contribution in [1.82, 2.24) is 10.2 Å². The Labute approximate surface area is 220 Å². The number of hydrogen-bond acceptors (Lipinski definition) is 3. The molecule has 1 unspecified atom stereocenters. The third-order valence-corrected chi connectivity index (χ3v) is 6.14. The highest BCUT2D eigenvalue weighted by molar-refractivity contribution is 9.10. The van der Waals surface area contributed by atoms with Crippen LogP contribution in [0.2, 0.25) is 5.02 Å². The van der Waals surface area contributed by atoms with Crippen molar-refractivity contribution in [3.05, 3.63) is 99.5 Å². The topological polar surface area (TPSA) is 58.6 Å². The van der Waals surface area contributed by atoms with Gasteiger partial charge in [-0.1, -0.05) is 76.1 Å². The summed E-state index contributed by atoms with van der Waals surface area (Å²) in [6.07, 6.45) is 0.358. The third kappa shape index (κ3) is 8.41. The van der Waals surface area contributed by atoms with Gasteiger partial charge in [-0.2, -0.15) is 0 Å². The van der Waals surface area contributed by atoms with Crippen LogP contribution in [0.1, 0.15) is 31.9 Å². The molecular formula is C28H30BrClN2O3. The van der Waals surface area contributed by atoms with E-state index in [4.69, 9.17) is 16.3 Å². The minimum Gasteiger partial charge on any atom is -0.484 e. The predicted molar refractivity (Wildman–Crippen MR) is 143 cm³/mol. The molecule has 0 saturated heterocycles. The molecule has 7 heteroatoms. The monoisotopic (exact) mass is 556 g/mol. The van der Waals surface area contributed by atoms with Crippen molar-refractivity contribution in [3.8, 4) is 5.75 Å². The van der Waals surface area contributed by atoms with Gasteiger partial charge in [-0.3, -0.25) is 9.59 Å². The lowest BCUT2D eigenvalue weighted by Crippen LogP contribution is -2.55. The first-order valence-electron chi connectivity index (χ1n) is 11.4. The van der Waals surface area contributed by atoms with E-state index in [1.165, 1.54) is 0 Å². The molecule has 0 aromatic heterocycles. The fourth-order valence-electron chi connectivity index (χ4n) is 3.58. The molecule has 0 radical (unpaired) electrons. The zero-order valence-corrected chi connectivity index (χ0v) is 22.5. The van der Waals surface area contributed by atoms with Crippen molar-refractivity contribution in [1.29, 1.82) is 0 Å². The lowest BCUT2D eigenvalue weighted by molar-refractivity contribution is -0.143. The summed E-state index contributed by atoms with van der Waals surface area (Å²) in [6.45, 7) is 5.72. The summed E-state index contributed by atoms with van der Waals surface area (Å²) in [7, 11) is 0. The van der Waals surface area contributed by atoms with Gasteiger partial charge in [-0.05, 0) is 62.2 Å². The highest BCUT2D eigenvalue weighted by Gasteiger charge is 2.32. The van der Waals surface area contributed by atoms with Gasteiger partial charge in [-0.15, -0.1) is 0 Å². The van der Waals surface area contributed by atoms with Gasteiger partial charge < -0.3 is 15.0 Å². The quantitative estimate of drug-likeness (QED) is 0.349. The van der Waals surface area contributed by atoms with Crippen molar-refractivity contribution < 1.29 is 14.3 Å². The SMILES string of the molecule is CC(C)(C)NC(=O)C(Cc1ccccc1)N(Cc1ccccc1Cl)C(=O)COc1ccc(Br)cc1. The Morgan fingerprint density at radius 3 is 2.23 bits per heavy atom. The Morgan fingerprint density at radius 2 is 1.60 bits per heavy atom. The number of carbonyl (C=O) groups excluding carboxylic acids is 2. The average Bonchev–Trinajstić information content (AvgIpc) is 2.81. The molecule has 3 aromatic rings. The van der Waals surface area contributed by atoms with Gasteiger partial charge in [0, 0.05) is 28.0 Å². The molecular weight excluding hydrogens is 528 g/mol. The molecule has 5 nitrogen and oxygen atoms in total. The molecule has 0 saturated carbocycles. The maximum Gasteiger partial charge on any atom is 0.261 e. The van der Waals surface area contributed by atoms with Crippen LogP contribution in [0.5, 0.6) is 5.75 Å². The molecule has 0 aliphatic heterocycles.